The van der Waals surface area contributed by atoms with E-state index in [0.717, 1.165) is 11.3 Å². The second-order valence-electron chi connectivity index (χ2n) is 5.82. The summed E-state index contributed by atoms with van der Waals surface area (Å²) in [4.78, 5) is 33.7. The highest BCUT2D eigenvalue weighted by Crippen LogP contribution is 2.12. The van der Waals surface area contributed by atoms with Crippen LogP contribution in [0.3, 0.4) is 0 Å². The van der Waals surface area contributed by atoms with Gasteiger partial charge in [-0.25, -0.2) is 0 Å². The molecule has 0 bridgehead atoms. The van der Waals surface area contributed by atoms with Crippen molar-refractivity contribution in [2.75, 3.05) is 19.7 Å². The summed E-state index contributed by atoms with van der Waals surface area (Å²) in [5.41, 5.74) is 1.36. The highest BCUT2D eigenvalue weighted by Gasteiger charge is 2.09. The van der Waals surface area contributed by atoms with Gasteiger partial charge in [-0.15, -0.1) is 0 Å². The van der Waals surface area contributed by atoms with Crippen molar-refractivity contribution < 1.29 is 19.2 Å². The highest BCUT2D eigenvalue weighted by atomic mass is 16.6. The molecule has 0 aromatic heterocycles. The standard InChI is InChI=1S/C19H21N3O5/c1-14-2-8-17(9-3-14)27-13-12-20-18(23)10-11-21-19(24)15-4-6-16(7-5-15)22(25)26/h2-9H,10-13H2,1H3,(H,20,23)(H,21,24). The number of aryl methyl sites for hydroxylation is 1. The van der Waals surface area contributed by atoms with Crippen LogP contribution in [0.2, 0.25) is 0 Å². The van der Waals surface area contributed by atoms with Gasteiger partial charge in [-0.1, -0.05) is 17.7 Å². The number of non-ortho nitro benzene ring substituents is 1. The maximum atomic E-state index is 11.9. The Bertz CT molecular complexity index is 788. The van der Waals surface area contributed by atoms with Crippen molar-refractivity contribution in [1.82, 2.24) is 10.6 Å². The average molecular weight is 371 g/mol. The molecular weight excluding hydrogens is 350 g/mol. The molecule has 0 radical (unpaired) electrons. The van der Waals surface area contributed by atoms with E-state index in [0.29, 0.717) is 18.7 Å². The predicted molar refractivity (Wildman–Crippen MR) is 99.7 cm³/mol. The zero-order valence-corrected chi connectivity index (χ0v) is 14.9. The number of nitro benzene ring substituents is 1. The summed E-state index contributed by atoms with van der Waals surface area (Å²) in [6.45, 7) is 2.87. The fourth-order valence-corrected chi connectivity index (χ4v) is 2.21. The number of carbonyl (C=O) groups is 2. The van der Waals surface area contributed by atoms with Crippen LogP contribution < -0.4 is 15.4 Å². The maximum absolute atomic E-state index is 11.9. The minimum Gasteiger partial charge on any atom is -0.492 e. The van der Waals surface area contributed by atoms with Crippen molar-refractivity contribution in [2.45, 2.75) is 13.3 Å². The molecule has 0 aliphatic rings. The molecule has 0 heterocycles. The maximum Gasteiger partial charge on any atom is 0.269 e. The zero-order chi connectivity index (χ0) is 19.6. The Balaban J connectivity index is 1.61. The van der Waals surface area contributed by atoms with E-state index in [-0.39, 0.29) is 30.5 Å². The lowest BCUT2D eigenvalue weighted by atomic mass is 10.2. The van der Waals surface area contributed by atoms with E-state index in [1.807, 2.05) is 31.2 Å². The number of amides is 2. The lowest BCUT2D eigenvalue weighted by Gasteiger charge is -2.08. The minimum atomic E-state index is -0.533. The van der Waals surface area contributed by atoms with Crippen LogP contribution in [-0.2, 0) is 4.79 Å². The fourth-order valence-electron chi connectivity index (χ4n) is 2.21. The van der Waals surface area contributed by atoms with E-state index >= 15 is 0 Å². The summed E-state index contributed by atoms with van der Waals surface area (Å²) in [6.07, 6.45) is 0.128. The quantitative estimate of drug-likeness (QED) is 0.399. The number of nitro groups is 1. The van der Waals surface area contributed by atoms with Gasteiger partial charge in [0.2, 0.25) is 5.91 Å². The van der Waals surface area contributed by atoms with Crippen molar-refractivity contribution in [3.8, 4) is 5.75 Å². The van der Waals surface area contributed by atoms with Gasteiger partial charge < -0.3 is 15.4 Å². The van der Waals surface area contributed by atoms with Gasteiger partial charge in [-0.2, -0.15) is 0 Å². The van der Waals surface area contributed by atoms with Crippen LogP contribution in [0.25, 0.3) is 0 Å². The first-order valence-corrected chi connectivity index (χ1v) is 8.44. The summed E-state index contributed by atoms with van der Waals surface area (Å²) >= 11 is 0. The molecule has 27 heavy (non-hydrogen) atoms. The molecular formula is C19H21N3O5. The molecule has 2 amide bonds. The normalized spacial score (nSPS) is 10.1. The van der Waals surface area contributed by atoms with Crippen LogP contribution in [0.15, 0.2) is 48.5 Å². The second-order valence-corrected chi connectivity index (χ2v) is 5.82. The first-order valence-electron chi connectivity index (χ1n) is 8.44. The van der Waals surface area contributed by atoms with Gasteiger partial charge >= 0.3 is 0 Å². The second kappa shape index (κ2) is 9.91. The molecule has 0 saturated heterocycles. The Hall–Kier alpha value is -3.42. The van der Waals surface area contributed by atoms with Gasteiger partial charge in [-0.3, -0.25) is 19.7 Å². The SMILES string of the molecule is Cc1ccc(OCCNC(=O)CCNC(=O)c2ccc([N+](=O)[O-])cc2)cc1. The number of hydrogen-bond acceptors (Lipinski definition) is 5. The molecule has 0 fully saturated rings. The molecule has 142 valence electrons. The van der Waals surface area contributed by atoms with Gasteiger partial charge in [-0.05, 0) is 31.2 Å². The molecule has 0 spiro atoms. The molecule has 0 aliphatic carbocycles. The van der Waals surface area contributed by atoms with Gasteiger partial charge in [0.05, 0.1) is 11.5 Å². The Kier molecular flexibility index (Phi) is 7.30. The van der Waals surface area contributed by atoms with E-state index in [1.165, 1.54) is 24.3 Å². The van der Waals surface area contributed by atoms with Crippen LogP contribution in [0.5, 0.6) is 5.75 Å². The zero-order valence-electron chi connectivity index (χ0n) is 14.9. The number of rotatable bonds is 9. The fraction of sp³-hybridized carbons (Fsp3) is 0.263. The van der Waals surface area contributed by atoms with Gasteiger partial charge in [0.25, 0.3) is 11.6 Å². The van der Waals surface area contributed by atoms with Gasteiger partial charge in [0.15, 0.2) is 0 Å². The lowest BCUT2D eigenvalue weighted by molar-refractivity contribution is -0.384. The topological polar surface area (TPSA) is 111 Å². The first-order chi connectivity index (χ1) is 13.0. The molecule has 2 N–H and O–H groups in total. The minimum absolute atomic E-state index is 0.0845. The molecule has 0 aliphatic heterocycles. The Labute approximate surface area is 156 Å². The Morgan fingerprint density at radius 2 is 1.67 bits per heavy atom. The van der Waals surface area contributed by atoms with Crippen molar-refractivity contribution >= 4 is 17.5 Å². The van der Waals surface area contributed by atoms with Crippen molar-refractivity contribution in [3.05, 3.63) is 69.8 Å². The van der Waals surface area contributed by atoms with Crippen LogP contribution in [-0.4, -0.2) is 36.4 Å². The van der Waals surface area contributed by atoms with Crippen LogP contribution >= 0.6 is 0 Å². The lowest BCUT2D eigenvalue weighted by Crippen LogP contribution is -2.32. The Morgan fingerprint density at radius 3 is 2.30 bits per heavy atom. The van der Waals surface area contributed by atoms with Crippen LogP contribution in [0, 0.1) is 17.0 Å². The number of nitrogens with zero attached hydrogens (tertiary/aromatic N) is 1. The van der Waals surface area contributed by atoms with Crippen molar-refractivity contribution in [2.24, 2.45) is 0 Å². The molecule has 8 heteroatoms. The van der Waals surface area contributed by atoms with Gasteiger partial charge in [0, 0.05) is 30.7 Å². The van der Waals surface area contributed by atoms with E-state index in [4.69, 9.17) is 4.74 Å². The van der Waals surface area contributed by atoms with E-state index in [1.54, 1.807) is 0 Å². The number of hydrogen-bond donors (Lipinski definition) is 2. The summed E-state index contributed by atoms with van der Waals surface area (Å²) < 4.78 is 5.51. The average Bonchev–Trinajstić information content (AvgIpc) is 2.66. The molecule has 2 rings (SSSR count). The third-order valence-electron chi connectivity index (χ3n) is 3.69. The smallest absolute Gasteiger partial charge is 0.269 e. The Morgan fingerprint density at radius 1 is 1.00 bits per heavy atom. The third-order valence-corrected chi connectivity index (χ3v) is 3.69. The predicted octanol–water partition coefficient (Wildman–Crippen LogP) is 2.22. The number of ether oxygens (including phenoxy) is 1. The molecule has 2 aromatic carbocycles. The number of carbonyl (C=O) groups excluding carboxylic acids is 2. The molecule has 0 unspecified atom stereocenters. The summed E-state index contributed by atoms with van der Waals surface area (Å²) in [6, 6.07) is 12.9. The summed E-state index contributed by atoms with van der Waals surface area (Å²) in [5, 5.41) is 15.9. The first kappa shape index (κ1) is 19.9. The third kappa shape index (κ3) is 6.77. The molecule has 0 atom stereocenters. The van der Waals surface area contributed by atoms with Gasteiger partial charge in [0.1, 0.15) is 12.4 Å². The monoisotopic (exact) mass is 371 g/mol. The molecule has 2 aromatic rings. The van der Waals surface area contributed by atoms with E-state index in [2.05, 4.69) is 10.6 Å². The summed E-state index contributed by atoms with van der Waals surface area (Å²) in [7, 11) is 0. The van der Waals surface area contributed by atoms with Crippen LogP contribution in [0.4, 0.5) is 5.69 Å². The van der Waals surface area contributed by atoms with E-state index in [9.17, 15) is 19.7 Å². The van der Waals surface area contributed by atoms with Crippen LogP contribution in [0.1, 0.15) is 22.3 Å². The largest absolute Gasteiger partial charge is 0.492 e. The van der Waals surface area contributed by atoms with E-state index < -0.39 is 4.92 Å². The van der Waals surface area contributed by atoms with Crippen molar-refractivity contribution in [1.29, 1.82) is 0 Å². The van der Waals surface area contributed by atoms with Crippen molar-refractivity contribution in [3.63, 3.8) is 0 Å². The highest BCUT2D eigenvalue weighted by molar-refractivity contribution is 5.94. The molecule has 8 nitrogen and oxygen atoms in total. The number of benzene rings is 2. The molecule has 0 saturated carbocycles. The number of nitrogens with one attached hydrogen (secondary N) is 2. The summed E-state index contributed by atoms with van der Waals surface area (Å²) in [5.74, 6) is 0.150.